The van der Waals surface area contributed by atoms with Gasteiger partial charge in [0.1, 0.15) is 11.6 Å². The highest BCUT2D eigenvalue weighted by molar-refractivity contribution is 6.34. The molecule has 1 spiro atoms. The molecule has 200 valence electrons. The van der Waals surface area contributed by atoms with Gasteiger partial charge in [0, 0.05) is 6.54 Å². The first kappa shape index (κ1) is 27.4. The van der Waals surface area contributed by atoms with Crippen LogP contribution in [0.4, 0.5) is 5.69 Å². The third-order valence-corrected chi connectivity index (χ3v) is 8.12. The van der Waals surface area contributed by atoms with Crippen LogP contribution in [0.3, 0.4) is 0 Å². The van der Waals surface area contributed by atoms with Gasteiger partial charge in [-0.1, -0.05) is 35.9 Å². The van der Waals surface area contributed by atoms with Crippen molar-refractivity contribution < 1.29 is 29.0 Å². The van der Waals surface area contributed by atoms with Gasteiger partial charge in [0.25, 0.3) is 5.91 Å². The molecule has 0 aliphatic carbocycles. The van der Waals surface area contributed by atoms with E-state index in [4.69, 9.17) is 21.1 Å². The van der Waals surface area contributed by atoms with Crippen molar-refractivity contribution in [1.29, 1.82) is 0 Å². The fourth-order valence-corrected chi connectivity index (χ4v) is 6.55. The predicted molar refractivity (Wildman–Crippen MR) is 140 cm³/mol. The Labute approximate surface area is 222 Å². The Morgan fingerprint density at radius 3 is 2.78 bits per heavy atom. The summed E-state index contributed by atoms with van der Waals surface area (Å²) < 4.78 is 12.0. The number of hydrogen-bond acceptors (Lipinski definition) is 6. The second-order valence-corrected chi connectivity index (χ2v) is 10.5. The van der Waals surface area contributed by atoms with E-state index in [0.29, 0.717) is 36.4 Å². The van der Waals surface area contributed by atoms with E-state index in [2.05, 4.69) is 13.2 Å². The maximum atomic E-state index is 14.4. The molecule has 4 rings (SSSR count). The van der Waals surface area contributed by atoms with Crippen LogP contribution in [0.2, 0.25) is 5.02 Å². The second-order valence-electron chi connectivity index (χ2n) is 10.1. The lowest BCUT2D eigenvalue weighted by atomic mass is 9.70. The minimum absolute atomic E-state index is 0.161. The summed E-state index contributed by atoms with van der Waals surface area (Å²) in [4.78, 5) is 44.4. The molecule has 2 bridgehead atoms. The van der Waals surface area contributed by atoms with Crippen molar-refractivity contribution in [2.45, 2.75) is 63.3 Å². The molecule has 8 nitrogen and oxygen atoms in total. The number of nitrogens with zero attached hydrogens (tertiary/aromatic N) is 2. The zero-order valence-electron chi connectivity index (χ0n) is 21.4. The molecule has 1 aromatic carbocycles. The first-order chi connectivity index (χ1) is 17.7. The summed E-state index contributed by atoms with van der Waals surface area (Å²) >= 11 is 6.54. The quantitative estimate of drug-likeness (QED) is 0.267. The standard InChI is InChI=1S/C28H35ClN2O6/c1-5-7-8-15-36-27(35)21-20-12-13-28(37-20)22(21)25(33)31(18(4)16-32)24(28)26(34)30(14-6-2)23-17(3)10-9-11-19(23)29/h5-6,9-11,18,20-22,24,32H,1-2,7-8,12-16H2,3-4H3/t18-,20-,21+,22+,24?,28?/m1/s1. The van der Waals surface area contributed by atoms with E-state index in [1.54, 1.807) is 31.2 Å². The van der Waals surface area contributed by atoms with Crippen LogP contribution in [0, 0.1) is 18.8 Å². The van der Waals surface area contributed by atoms with Crippen LogP contribution in [0.1, 0.15) is 38.2 Å². The number of para-hydroxylation sites is 1. The van der Waals surface area contributed by atoms with Gasteiger partial charge in [-0.3, -0.25) is 14.4 Å². The van der Waals surface area contributed by atoms with Crippen molar-refractivity contribution in [1.82, 2.24) is 4.90 Å². The molecule has 0 radical (unpaired) electrons. The molecular weight excluding hydrogens is 496 g/mol. The number of anilines is 1. The number of halogens is 1. The molecule has 3 heterocycles. The monoisotopic (exact) mass is 530 g/mol. The molecule has 0 saturated carbocycles. The van der Waals surface area contributed by atoms with Crippen LogP contribution >= 0.6 is 11.6 Å². The van der Waals surface area contributed by atoms with Crippen LogP contribution in [-0.4, -0.2) is 71.3 Å². The zero-order chi connectivity index (χ0) is 26.9. The van der Waals surface area contributed by atoms with Crippen molar-refractivity contribution >= 4 is 35.1 Å². The summed E-state index contributed by atoms with van der Waals surface area (Å²) in [5.74, 6) is -2.90. The number of carbonyl (C=O) groups is 3. The summed E-state index contributed by atoms with van der Waals surface area (Å²) in [5.41, 5.74) is 0.130. The topological polar surface area (TPSA) is 96.4 Å². The number of fused-ring (bicyclic) bond motifs is 1. The van der Waals surface area contributed by atoms with E-state index in [-0.39, 0.29) is 31.6 Å². The minimum atomic E-state index is -1.19. The van der Waals surface area contributed by atoms with Crippen LogP contribution in [0.15, 0.2) is 43.5 Å². The minimum Gasteiger partial charge on any atom is -0.465 e. The second kappa shape index (κ2) is 11.0. The number of likely N-dealkylation sites (tertiary alicyclic amines) is 1. The zero-order valence-corrected chi connectivity index (χ0v) is 22.2. The van der Waals surface area contributed by atoms with E-state index < -0.39 is 41.6 Å². The van der Waals surface area contributed by atoms with Crippen molar-refractivity contribution in [3.63, 3.8) is 0 Å². The Balaban J connectivity index is 1.74. The molecular formula is C28H35ClN2O6. The summed E-state index contributed by atoms with van der Waals surface area (Å²) in [6.07, 6.45) is 5.18. The number of carbonyl (C=O) groups excluding carboxylic acids is 3. The number of aryl methyl sites for hydroxylation is 1. The number of benzene rings is 1. The van der Waals surface area contributed by atoms with E-state index in [9.17, 15) is 19.5 Å². The molecule has 6 atom stereocenters. The van der Waals surface area contributed by atoms with E-state index in [1.807, 2.05) is 13.0 Å². The first-order valence-corrected chi connectivity index (χ1v) is 13.2. The average Bonchev–Trinajstić information content (AvgIpc) is 3.52. The first-order valence-electron chi connectivity index (χ1n) is 12.8. The van der Waals surface area contributed by atoms with Gasteiger partial charge in [-0.25, -0.2) is 0 Å². The van der Waals surface area contributed by atoms with Crippen LogP contribution in [0.25, 0.3) is 0 Å². The number of rotatable bonds is 11. The maximum absolute atomic E-state index is 14.4. The lowest BCUT2D eigenvalue weighted by molar-refractivity contribution is -0.155. The smallest absolute Gasteiger partial charge is 0.312 e. The van der Waals surface area contributed by atoms with Gasteiger partial charge < -0.3 is 24.4 Å². The number of aliphatic hydroxyl groups is 1. The summed E-state index contributed by atoms with van der Waals surface area (Å²) in [6, 6.07) is 3.67. The SMILES string of the molecule is C=CCCCOC(=O)[C@@H]1[C@H]2C(=O)N([C@H](C)CO)C(C(=O)N(CC=C)c3c(C)cccc3Cl)C23CC[C@H]1O3. The molecule has 1 aromatic rings. The van der Waals surface area contributed by atoms with Gasteiger partial charge in [0.05, 0.1) is 47.9 Å². The largest absolute Gasteiger partial charge is 0.465 e. The molecule has 0 aromatic heterocycles. The third kappa shape index (κ3) is 4.49. The number of aliphatic hydroxyl groups excluding tert-OH is 1. The number of hydrogen-bond donors (Lipinski definition) is 1. The van der Waals surface area contributed by atoms with Gasteiger partial charge in [0.15, 0.2) is 0 Å². The summed E-state index contributed by atoms with van der Waals surface area (Å²) in [7, 11) is 0. The molecule has 3 aliphatic heterocycles. The summed E-state index contributed by atoms with van der Waals surface area (Å²) in [6.45, 7) is 11.1. The molecule has 3 fully saturated rings. The predicted octanol–water partition coefficient (Wildman–Crippen LogP) is 3.43. The van der Waals surface area contributed by atoms with E-state index >= 15 is 0 Å². The Morgan fingerprint density at radius 2 is 2.14 bits per heavy atom. The highest BCUT2D eigenvalue weighted by atomic mass is 35.5. The number of unbranched alkanes of at least 4 members (excludes halogenated alkanes) is 1. The van der Waals surface area contributed by atoms with Crippen molar-refractivity contribution in [3.05, 3.63) is 54.1 Å². The Kier molecular flexibility index (Phi) is 8.11. The lowest BCUT2D eigenvalue weighted by Gasteiger charge is -2.39. The number of allylic oxidation sites excluding steroid dienone is 1. The molecule has 2 unspecified atom stereocenters. The van der Waals surface area contributed by atoms with E-state index in [1.165, 1.54) is 9.80 Å². The molecule has 3 aliphatic rings. The third-order valence-electron chi connectivity index (χ3n) is 7.82. The van der Waals surface area contributed by atoms with Crippen LogP contribution in [-0.2, 0) is 23.9 Å². The highest BCUT2D eigenvalue weighted by Gasteiger charge is 2.75. The van der Waals surface area contributed by atoms with Gasteiger partial charge in [-0.15, -0.1) is 13.2 Å². The van der Waals surface area contributed by atoms with Crippen molar-refractivity contribution in [3.8, 4) is 0 Å². The summed E-state index contributed by atoms with van der Waals surface area (Å²) in [5, 5.41) is 10.4. The Bertz CT molecular complexity index is 1070. The lowest BCUT2D eigenvalue weighted by Crippen LogP contribution is -2.58. The van der Waals surface area contributed by atoms with Gasteiger partial charge in [-0.05, 0) is 51.2 Å². The van der Waals surface area contributed by atoms with Crippen molar-refractivity contribution in [2.24, 2.45) is 11.8 Å². The van der Waals surface area contributed by atoms with Crippen molar-refractivity contribution in [2.75, 3.05) is 24.7 Å². The molecule has 37 heavy (non-hydrogen) atoms. The molecule has 2 amide bonds. The maximum Gasteiger partial charge on any atom is 0.312 e. The average molecular weight is 531 g/mol. The fourth-order valence-electron chi connectivity index (χ4n) is 6.23. The number of amides is 2. The van der Waals surface area contributed by atoms with Crippen LogP contribution in [0.5, 0.6) is 0 Å². The Morgan fingerprint density at radius 1 is 1.38 bits per heavy atom. The number of ether oxygens (including phenoxy) is 2. The molecule has 1 N–H and O–H groups in total. The number of esters is 1. The van der Waals surface area contributed by atoms with Gasteiger partial charge in [0.2, 0.25) is 5.91 Å². The molecule has 3 saturated heterocycles. The highest BCUT2D eigenvalue weighted by Crippen LogP contribution is 2.59. The van der Waals surface area contributed by atoms with Gasteiger partial charge in [-0.2, -0.15) is 0 Å². The fraction of sp³-hybridized carbons (Fsp3) is 0.536. The van der Waals surface area contributed by atoms with Crippen LogP contribution < -0.4 is 4.90 Å². The Hall–Kier alpha value is -2.68. The normalized spacial score (nSPS) is 28.6. The molecule has 9 heteroatoms. The van der Waals surface area contributed by atoms with Gasteiger partial charge >= 0.3 is 5.97 Å². The van der Waals surface area contributed by atoms with E-state index in [0.717, 1.165) is 5.56 Å².